The largest absolute Gasteiger partial charge is 0.444 e. The molecule has 1 aliphatic rings. The maximum absolute atomic E-state index is 12.2. The third-order valence-corrected chi connectivity index (χ3v) is 4.02. The van der Waals surface area contributed by atoms with Crippen molar-refractivity contribution in [3.8, 4) is 11.5 Å². The molecule has 2 aromatic rings. The van der Waals surface area contributed by atoms with Gasteiger partial charge in [-0.05, 0) is 37.5 Å². The quantitative estimate of drug-likeness (QED) is 0.805. The normalized spacial score (nSPS) is 20.3. The number of anilines is 1. The molecule has 1 aromatic carbocycles. The van der Waals surface area contributed by atoms with Crippen molar-refractivity contribution in [3.05, 3.63) is 36.2 Å². The van der Waals surface area contributed by atoms with Gasteiger partial charge in [-0.3, -0.25) is 4.79 Å². The predicted octanol–water partition coefficient (Wildman–Crippen LogP) is 2.30. The number of hydrogen-bond acceptors (Lipinski definition) is 4. The van der Waals surface area contributed by atoms with Crippen molar-refractivity contribution < 1.29 is 14.0 Å². The molecule has 7 heteroatoms. The van der Waals surface area contributed by atoms with Crippen LogP contribution in [0, 0.1) is 12.8 Å². The smallest absolute Gasteiger partial charge is 0.319 e. The van der Waals surface area contributed by atoms with Gasteiger partial charge in [0.15, 0.2) is 0 Å². The number of rotatable bonds is 3. The summed E-state index contributed by atoms with van der Waals surface area (Å²) >= 11 is 0. The lowest BCUT2D eigenvalue weighted by Crippen LogP contribution is -2.55. The average molecular weight is 328 g/mol. The van der Waals surface area contributed by atoms with Gasteiger partial charge in [0.05, 0.1) is 5.69 Å². The Morgan fingerprint density at radius 3 is 2.96 bits per heavy atom. The van der Waals surface area contributed by atoms with Gasteiger partial charge in [-0.2, -0.15) is 0 Å². The number of nitrogens with one attached hydrogen (secondary N) is 3. The second kappa shape index (κ2) is 6.74. The van der Waals surface area contributed by atoms with Gasteiger partial charge in [0.25, 0.3) is 0 Å². The Morgan fingerprint density at radius 2 is 2.25 bits per heavy atom. The van der Waals surface area contributed by atoms with Gasteiger partial charge in [0, 0.05) is 17.8 Å². The van der Waals surface area contributed by atoms with Crippen LogP contribution in [-0.4, -0.2) is 29.5 Å². The third kappa shape index (κ3) is 3.56. The van der Waals surface area contributed by atoms with Gasteiger partial charge in [0.2, 0.25) is 11.8 Å². The number of carbonyl (C=O) groups is 2. The van der Waals surface area contributed by atoms with Gasteiger partial charge in [-0.25, -0.2) is 9.78 Å². The van der Waals surface area contributed by atoms with E-state index in [-0.39, 0.29) is 11.8 Å². The molecule has 0 unspecified atom stereocenters. The van der Waals surface area contributed by atoms with Gasteiger partial charge in [-0.1, -0.05) is 13.0 Å². The minimum Gasteiger partial charge on any atom is -0.444 e. The fourth-order valence-corrected chi connectivity index (χ4v) is 2.69. The summed E-state index contributed by atoms with van der Waals surface area (Å²) in [5.41, 5.74) is 2.16. The molecule has 0 aliphatic carbocycles. The molecule has 0 saturated carbocycles. The molecule has 3 rings (SSSR count). The highest BCUT2D eigenvalue weighted by atomic mass is 16.3. The van der Waals surface area contributed by atoms with Crippen LogP contribution in [0.25, 0.3) is 11.5 Å². The minimum atomic E-state index is -0.517. The summed E-state index contributed by atoms with van der Waals surface area (Å²) in [6.07, 6.45) is 2.42. The number of aryl methyl sites for hydroxylation is 1. The van der Waals surface area contributed by atoms with Crippen LogP contribution in [0.5, 0.6) is 0 Å². The second-order valence-electron chi connectivity index (χ2n) is 6.01. The molecule has 2 heterocycles. The Bertz CT molecular complexity index is 756. The maximum Gasteiger partial charge on any atom is 0.319 e. The van der Waals surface area contributed by atoms with Crippen LogP contribution >= 0.6 is 0 Å². The number of piperidine rings is 1. The SMILES string of the molecule is Cc1coc(-c2cccc(NC(=O)N[C@@H]3C(=O)NCC[C@@H]3C)c2)n1. The number of nitrogens with zero attached hydrogens (tertiary/aromatic N) is 1. The zero-order valence-corrected chi connectivity index (χ0v) is 13.6. The first-order valence-corrected chi connectivity index (χ1v) is 7.91. The highest BCUT2D eigenvalue weighted by molar-refractivity contribution is 5.94. The number of aromatic nitrogens is 1. The van der Waals surface area contributed by atoms with Crippen molar-refractivity contribution in [2.24, 2.45) is 5.92 Å². The molecular weight excluding hydrogens is 308 g/mol. The van der Waals surface area contributed by atoms with Gasteiger partial charge < -0.3 is 20.4 Å². The molecule has 2 atom stereocenters. The Balaban J connectivity index is 1.67. The Kier molecular flexibility index (Phi) is 4.50. The van der Waals surface area contributed by atoms with Crippen LogP contribution in [0.1, 0.15) is 19.0 Å². The van der Waals surface area contributed by atoms with Crippen molar-refractivity contribution in [1.29, 1.82) is 0 Å². The number of benzene rings is 1. The van der Waals surface area contributed by atoms with Gasteiger partial charge in [0.1, 0.15) is 12.3 Å². The summed E-state index contributed by atoms with van der Waals surface area (Å²) < 4.78 is 5.37. The molecule has 0 radical (unpaired) electrons. The first kappa shape index (κ1) is 16.0. The molecule has 0 bridgehead atoms. The fraction of sp³-hybridized carbons (Fsp3) is 0.353. The number of amides is 3. The van der Waals surface area contributed by atoms with E-state index in [4.69, 9.17) is 4.42 Å². The molecule has 24 heavy (non-hydrogen) atoms. The van der Waals surface area contributed by atoms with E-state index in [1.165, 1.54) is 0 Å². The molecular formula is C17H20N4O3. The predicted molar refractivity (Wildman–Crippen MR) is 89.4 cm³/mol. The van der Waals surface area contributed by atoms with E-state index in [0.29, 0.717) is 18.1 Å². The lowest BCUT2D eigenvalue weighted by molar-refractivity contribution is -0.125. The fourth-order valence-electron chi connectivity index (χ4n) is 2.69. The van der Waals surface area contributed by atoms with E-state index < -0.39 is 12.1 Å². The van der Waals surface area contributed by atoms with E-state index >= 15 is 0 Å². The second-order valence-corrected chi connectivity index (χ2v) is 6.01. The summed E-state index contributed by atoms with van der Waals surface area (Å²) in [5.74, 6) is 0.455. The van der Waals surface area contributed by atoms with E-state index in [9.17, 15) is 9.59 Å². The lowest BCUT2D eigenvalue weighted by Gasteiger charge is -2.28. The van der Waals surface area contributed by atoms with Crippen LogP contribution < -0.4 is 16.0 Å². The molecule has 1 aliphatic heterocycles. The molecule has 3 N–H and O–H groups in total. The topological polar surface area (TPSA) is 96.3 Å². The number of urea groups is 1. The summed E-state index contributed by atoms with van der Waals surface area (Å²) in [5, 5.41) is 8.24. The molecule has 1 aromatic heterocycles. The van der Waals surface area contributed by atoms with Crippen molar-refractivity contribution in [2.45, 2.75) is 26.3 Å². The Hall–Kier alpha value is -2.83. The Labute approximate surface area is 139 Å². The molecule has 1 fully saturated rings. The van der Waals surface area contributed by atoms with Crippen LogP contribution in [0.3, 0.4) is 0 Å². The summed E-state index contributed by atoms with van der Waals surface area (Å²) in [4.78, 5) is 28.3. The highest BCUT2D eigenvalue weighted by Crippen LogP contribution is 2.22. The summed E-state index contributed by atoms with van der Waals surface area (Å²) in [6.45, 7) is 4.45. The van der Waals surface area contributed by atoms with Crippen molar-refractivity contribution >= 4 is 17.6 Å². The van der Waals surface area contributed by atoms with E-state index in [2.05, 4.69) is 20.9 Å². The van der Waals surface area contributed by atoms with Crippen molar-refractivity contribution in [1.82, 2.24) is 15.6 Å². The number of oxazole rings is 1. The third-order valence-electron chi connectivity index (χ3n) is 4.02. The van der Waals surface area contributed by atoms with E-state index in [1.54, 1.807) is 24.5 Å². The van der Waals surface area contributed by atoms with E-state index in [1.807, 2.05) is 19.9 Å². The molecule has 126 valence electrons. The van der Waals surface area contributed by atoms with Crippen molar-refractivity contribution in [2.75, 3.05) is 11.9 Å². The molecule has 3 amide bonds. The van der Waals surface area contributed by atoms with Crippen LogP contribution in [0.15, 0.2) is 34.9 Å². The Morgan fingerprint density at radius 1 is 1.42 bits per heavy atom. The number of carbonyl (C=O) groups excluding carboxylic acids is 2. The van der Waals surface area contributed by atoms with E-state index in [0.717, 1.165) is 17.7 Å². The first-order chi connectivity index (χ1) is 11.5. The monoisotopic (exact) mass is 328 g/mol. The lowest BCUT2D eigenvalue weighted by atomic mass is 9.94. The van der Waals surface area contributed by atoms with Crippen LogP contribution in [0.4, 0.5) is 10.5 Å². The molecule has 0 spiro atoms. The molecule has 1 saturated heterocycles. The first-order valence-electron chi connectivity index (χ1n) is 7.91. The van der Waals surface area contributed by atoms with Gasteiger partial charge in [-0.15, -0.1) is 0 Å². The maximum atomic E-state index is 12.2. The summed E-state index contributed by atoms with van der Waals surface area (Å²) in [7, 11) is 0. The standard InChI is InChI=1S/C17H20N4O3/c1-10-6-7-18-15(22)14(10)21-17(23)20-13-5-3-4-12(8-13)16-19-11(2)9-24-16/h3-5,8-10,14H,6-7H2,1-2H3,(H,18,22)(H2,20,21,23)/t10-,14-/m0/s1. The van der Waals surface area contributed by atoms with Crippen LogP contribution in [-0.2, 0) is 4.79 Å². The van der Waals surface area contributed by atoms with Gasteiger partial charge >= 0.3 is 6.03 Å². The number of hydrogen-bond donors (Lipinski definition) is 3. The van der Waals surface area contributed by atoms with Crippen LogP contribution in [0.2, 0.25) is 0 Å². The molecule has 7 nitrogen and oxygen atoms in total. The van der Waals surface area contributed by atoms with Crippen molar-refractivity contribution in [3.63, 3.8) is 0 Å². The zero-order valence-electron chi connectivity index (χ0n) is 13.6. The highest BCUT2D eigenvalue weighted by Gasteiger charge is 2.30. The average Bonchev–Trinajstić information content (AvgIpc) is 2.98. The zero-order chi connectivity index (χ0) is 17.1. The minimum absolute atomic E-state index is 0.103. The summed E-state index contributed by atoms with van der Waals surface area (Å²) in [6, 6.07) is 6.27.